The van der Waals surface area contributed by atoms with E-state index in [2.05, 4.69) is 10.3 Å². The molecule has 0 fully saturated rings. The fourth-order valence-corrected chi connectivity index (χ4v) is 2.16. The predicted octanol–water partition coefficient (Wildman–Crippen LogP) is 2.15. The van der Waals surface area contributed by atoms with Gasteiger partial charge in [0.15, 0.2) is 0 Å². The van der Waals surface area contributed by atoms with E-state index in [-0.39, 0.29) is 23.5 Å². The summed E-state index contributed by atoms with van der Waals surface area (Å²) >= 11 is 0. The molecule has 0 saturated carbocycles. The summed E-state index contributed by atoms with van der Waals surface area (Å²) in [5.41, 5.74) is 0.532. The van der Waals surface area contributed by atoms with E-state index in [0.29, 0.717) is 5.56 Å². The summed E-state index contributed by atoms with van der Waals surface area (Å²) in [7, 11) is 1.29. The number of phenolic OH excluding ortho intramolecular Hbond substituents is 1. The average molecular weight is 334 g/mol. The third-order valence-electron chi connectivity index (χ3n) is 3.63. The molecule has 6 nitrogen and oxygen atoms in total. The van der Waals surface area contributed by atoms with Gasteiger partial charge in [0, 0.05) is 11.8 Å². The van der Waals surface area contributed by atoms with Gasteiger partial charge in [-0.25, -0.2) is 4.79 Å². The molecule has 0 bridgehead atoms. The lowest BCUT2D eigenvalue weighted by atomic mass is 10.0. The second kappa shape index (κ2) is 9.05. The Morgan fingerprint density at radius 1 is 1.17 bits per heavy atom. The zero-order valence-corrected chi connectivity index (χ0v) is 14.8. The number of carbonyl (C=O) groups is 2. The van der Waals surface area contributed by atoms with Gasteiger partial charge in [0.1, 0.15) is 17.8 Å². The maximum atomic E-state index is 12.5. The van der Waals surface area contributed by atoms with E-state index in [1.54, 1.807) is 24.3 Å². The van der Waals surface area contributed by atoms with Crippen molar-refractivity contribution < 1.29 is 19.4 Å². The molecule has 1 amide bonds. The van der Waals surface area contributed by atoms with Crippen molar-refractivity contribution in [3.63, 3.8) is 0 Å². The predicted molar refractivity (Wildman–Crippen MR) is 93.1 cm³/mol. The van der Waals surface area contributed by atoms with Crippen LogP contribution in [-0.4, -0.2) is 42.4 Å². The molecule has 2 N–H and O–H groups in total. The molecule has 0 heterocycles. The zero-order valence-electron chi connectivity index (χ0n) is 14.8. The zero-order chi connectivity index (χ0) is 18.3. The number of nitrogens with one attached hydrogen (secondary N) is 1. The van der Waals surface area contributed by atoms with Crippen LogP contribution in [0.3, 0.4) is 0 Å². The van der Waals surface area contributed by atoms with Gasteiger partial charge in [-0.15, -0.1) is 0 Å². The number of amides is 1. The molecular formula is C18H26N2O4. The summed E-state index contributed by atoms with van der Waals surface area (Å²) in [6, 6.07) is 5.36. The van der Waals surface area contributed by atoms with Crippen LogP contribution in [0.5, 0.6) is 5.75 Å². The Bertz CT molecular complexity index is 596. The Labute approximate surface area is 142 Å². The van der Waals surface area contributed by atoms with Gasteiger partial charge in [0.25, 0.3) is 0 Å². The topological polar surface area (TPSA) is 88.0 Å². The Morgan fingerprint density at radius 2 is 1.79 bits per heavy atom. The highest BCUT2D eigenvalue weighted by Gasteiger charge is 2.29. The highest BCUT2D eigenvalue weighted by Crippen LogP contribution is 2.15. The van der Waals surface area contributed by atoms with Crippen molar-refractivity contribution in [2.75, 3.05) is 7.11 Å². The number of carbonyl (C=O) groups excluding carboxylic acids is 2. The van der Waals surface area contributed by atoms with E-state index >= 15 is 0 Å². The number of phenols is 1. The third-order valence-corrected chi connectivity index (χ3v) is 3.63. The molecular weight excluding hydrogens is 308 g/mol. The Morgan fingerprint density at radius 3 is 2.29 bits per heavy atom. The first-order chi connectivity index (χ1) is 11.3. The summed E-state index contributed by atoms with van der Waals surface area (Å²) in [5.74, 6) is -0.904. The van der Waals surface area contributed by atoms with Crippen LogP contribution >= 0.6 is 0 Å². The highest BCUT2D eigenvalue weighted by molar-refractivity contribution is 5.90. The molecule has 1 aromatic carbocycles. The number of aliphatic imine (C=N–C) groups is 1. The molecule has 0 radical (unpaired) electrons. The average Bonchev–Trinajstić information content (AvgIpc) is 2.53. The SMILES string of the molecule is COC(=O)[C@@H](NC(=O)[C@@H](N=Cc1ccccc1O)C(C)C)C(C)C. The molecule has 2 atom stereocenters. The molecule has 0 saturated heterocycles. The number of aromatic hydroxyl groups is 1. The molecule has 0 aliphatic heterocycles. The minimum absolute atomic E-state index is 0.0717. The number of benzene rings is 1. The largest absolute Gasteiger partial charge is 0.507 e. The van der Waals surface area contributed by atoms with Crippen molar-refractivity contribution in [1.29, 1.82) is 0 Å². The number of hydrogen-bond donors (Lipinski definition) is 2. The lowest BCUT2D eigenvalue weighted by Gasteiger charge is -2.23. The maximum absolute atomic E-state index is 12.5. The van der Waals surface area contributed by atoms with Gasteiger partial charge < -0.3 is 15.2 Å². The summed E-state index contributed by atoms with van der Waals surface area (Å²) in [4.78, 5) is 28.6. The van der Waals surface area contributed by atoms with Crippen LogP contribution in [0.25, 0.3) is 0 Å². The smallest absolute Gasteiger partial charge is 0.328 e. The van der Waals surface area contributed by atoms with Crippen LogP contribution in [0.2, 0.25) is 0 Å². The minimum atomic E-state index is -0.718. The molecule has 132 valence electrons. The van der Waals surface area contributed by atoms with Crippen molar-refractivity contribution in [2.24, 2.45) is 16.8 Å². The van der Waals surface area contributed by atoms with Gasteiger partial charge in [0.05, 0.1) is 7.11 Å². The van der Waals surface area contributed by atoms with E-state index < -0.39 is 18.1 Å². The molecule has 6 heteroatoms. The first-order valence-corrected chi connectivity index (χ1v) is 7.97. The van der Waals surface area contributed by atoms with Crippen LogP contribution in [-0.2, 0) is 14.3 Å². The second-order valence-corrected chi connectivity index (χ2v) is 6.28. The van der Waals surface area contributed by atoms with Gasteiger partial charge in [-0.05, 0) is 24.0 Å². The fraction of sp³-hybridized carbons (Fsp3) is 0.500. The standard InChI is InChI=1S/C18H26N2O4/c1-11(2)15(19-10-13-8-6-7-9-14(13)21)17(22)20-16(12(3)4)18(23)24-5/h6-12,15-16,21H,1-5H3,(H,20,22)/t15-,16-/m0/s1. The van der Waals surface area contributed by atoms with Crippen molar-refractivity contribution >= 4 is 18.1 Å². The van der Waals surface area contributed by atoms with Crippen LogP contribution < -0.4 is 5.32 Å². The minimum Gasteiger partial charge on any atom is -0.507 e. The molecule has 24 heavy (non-hydrogen) atoms. The van der Waals surface area contributed by atoms with E-state index in [9.17, 15) is 14.7 Å². The van der Waals surface area contributed by atoms with Crippen LogP contribution in [0.15, 0.2) is 29.3 Å². The molecule has 0 aliphatic carbocycles. The van der Waals surface area contributed by atoms with E-state index in [0.717, 1.165) is 0 Å². The molecule has 1 rings (SSSR count). The molecule has 0 aromatic heterocycles. The number of hydrogen-bond acceptors (Lipinski definition) is 5. The number of methoxy groups -OCH3 is 1. The summed E-state index contributed by atoms with van der Waals surface area (Å²) < 4.78 is 4.73. The number of rotatable bonds is 7. The van der Waals surface area contributed by atoms with Crippen LogP contribution in [0.1, 0.15) is 33.3 Å². The normalized spacial score (nSPS) is 14.0. The molecule has 0 unspecified atom stereocenters. The number of para-hydroxylation sites is 1. The van der Waals surface area contributed by atoms with E-state index in [4.69, 9.17) is 4.74 Å². The van der Waals surface area contributed by atoms with Crippen LogP contribution in [0.4, 0.5) is 0 Å². The lowest BCUT2D eigenvalue weighted by molar-refractivity contribution is -0.146. The molecule has 0 spiro atoms. The first-order valence-electron chi connectivity index (χ1n) is 7.97. The fourth-order valence-electron chi connectivity index (χ4n) is 2.16. The second-order valence-electron chi connectivity index (χ2n) is 6.28. The van der Waals surface area contributed by atoms with Gasteiger partial charge in [0.2, 0.25) is 5.91 Å². The summed E-state index contributed by atoms with van der Waals surface area (Å²) in [6.07, 6.45) is 1.47. The number of ether oxygens (including phenoxy) is 1. The van der Waals surface area contributed by atoms with Crippen molar-refractivity contribution in [2.45, 2.75) is 39.8 Å². The summed E-state index contributed by atoms with van der Waals surface area (Å²) in [5, 5.41) is 12.5. The van der Waals surface area contributed by atoms with Crippen LogP contribution in [0, 0.1) is 11.8 Å². The van der Waals surface area contributed by atoms with Gasteiger partial charge in [-0.1, -0.05) is 39.8 Å². The first kappa shape index (κ1) is 19.7. The summed E-state index contributed by atoms with van der Waals surface area (Å²) in [6.45, 7) is 7.40. The van der Waals surface area contributed by atoms with Crippen molar-refractivity contribution in [1.82, 2.24) is 5.32 Å². The highest BCUT2D eigenvalue weighted by atomic mass is 16.5. The maximum Gasteiger partial charge on any atom is 0.328 e. The monoisotopic (exact) mass is 334 g/mol. The van der Waals surface area contributed by atoms with E-state index in [1.807, 2.05) is 27.7 Å². The Kier molecular flexibility index (Phi) is 7.42. The van der Waals surface area contributed by atoms with Crippen molar-refractivity contribution in [3.8, 4) is 5.75 Å². The molecule has 0 aliphatic rings. The Hall–Kier alpha value is -2.37. The van der Waals surface area contributed by atoms with E-state index in [1.165, 1.54) is 13.3 Å². The third kappa shape index (κ3) is 5.37. The molecule has 1 aromatic rings. The lowest BCUT2D eigenvalue weighted by Crippen LogP contribution is -2.49. The Balaban J connectivity index is 2.93. The van der Waals surface area contributed by atoms with Crippen molar-refractivity contribution in [3.05, 3.63) is 29.8 Å². The number of nitrogens with zero attached hydrogens (tertiary/aromatic N) is 1. The van der Waals surface area contributed by atoms with Gasteiger partial charge >= 0.3 is 5.97 Å². The number of esters is 1. The van der Waals surface area contributed by atoms with Gasteiger partial charge in [-0.2, -0.15) is 0 Å². The van der Waals surface area contributed by atoms with Gasteiger partial charge in [-0.3, -0.25) is 9.79 Å². The quantitative estimate of drug-likeness (QED) is 0.591.